The molecule has 1 saturated heterocycles. The smallest absolute Gasteiger partial charge is 0.408 e. The topological polar surface area (TPSA) is 95.6 Å². The van der Waals surface area contributed by atoms with Crippen LogP contribution in [0.15, 0.2) is 58.0 Å². The molecule has 1 aliphatic rings. The van der Waals surface area contributed by atoms with Crippen molar-refractivity contribution in [2.24, 2.45) is 7.05 Å². The van der Waals surface area contributed by atoms with Crippen molar-refractivity contribution in [3.8, 4) is 28.5 Å². The maximum atomic E-state index is 15.3. The van der Waals surface area contributed by atoms with Gasteiger partial charge in [-0.05, 0) is 56.8 Å². The highest BCUT2D eigenvalue weighted by molar-refractivity contribution is 5.94. The SMILES string of the molecule is CN(C)C1CCN(c2nc(-c3ccc(C#N)cc3)c(-c3cc(F)c4c(c3)oc(=O)n4C)c3nccn23)CC1. The van der Waals surface area contributed by atoms with Gasteiger partial charge < -0.3 is 14.2 Å². The number of hydrogen-bond donors (Lipinski definition) is 0. The second-order valence-corrected chi connectivity index (χ2v) is 9.86. The van der Waals surface area contributed by atoms with Gasteiger partial charge in [0.25, 0.3) is 0 Å². The number of aryl methyl sites for hydroxylation is 1. The first-order valence-corrected chi connectivity index (χ1v) is 12.4. The summed E-state index contributed by atoms with van der Waals surface area (Å²) in [5.41, 5.74) is 3.87. The summed E-state index contributed by atoms with van der Waals surface area (Å²) in [4.78, 5) is 26.4. The van der Waals surface area contributed by atoms with E-state index in [1.54, 1.807) is 24.4 Å². The van der Waals surface area contributed by atoms with Crippen LogP contribution in [0.4, 0.5) is 10.3 Å². The molecule has 6 rings (SSSR count). The minimum atomic E-state index is -0.635. The van der Waals surface area contributed by atoms with Crippen LogP contribution in [-0.2, 0) is 7.05 Å². The average molecular weight is 512 g/mol. The van der Waals surface area contributed by atoms with Gasteiger partial charge in [-0.2, -0.15) is 5.26 Å². The van der Waals surface area contributed by atoms with Gasteiger partial charge in [0.05, 0.1) is 22.9 Å². The predicted octanol–water partition coefficient (Wildman–Crippen LogP) is 4.05. The van der Waals surface area contributed by atoms with Crippen LogP contribution in [0.5, 0.6) is 0 Å². The van der Waals surface area contributed by atoms with Crippen LogP contribution in [-0.4, -0.2) is 57.1 Å². The normalized spacial score (nSPS) is 14.6. The standard InChI is InChI=1S/C28H26FN7O2/c1-33(2)20-8-11-35(12-9-20)27-32-24(18-6-4-17(16-30)5-7-18)23(26-31-10-13-36(26)27)19-14-21(29)25-22(15-19)38-28(37)34(25)3/h4-7,10,13-15,20H,8-9,11-12H2,1-3H3. The molecule has 0 aliphatic carbocycles. The van der Waals surface area contributed by atoms with Gasteiger partial charge in [0.2, 0.25) is 5.95 Å². The van der Waals surface area contributed by atoms with Crippen LogP contribution in [0.3, 0.4) is 0 Å². The molecule has 4 heterocycles. The molecule has 1 aliphatic heterocycles. The maximum Gasteiger partial charge on any atom is 0.419 e. The maximum absolute atomic E-state index is 15.3. The zero-order chi connectivity index (χ0) is 26.6. The lowest BCUT2D eigenvalue weighted by Crippen LogP contribution is -2.43. The van der Waals surface area contributed by atoms with E-state index in [-0.39, 0.29) is 11.1 Å². The third-order valence-electron chi connectivity index (χ3n) is 7.42. The predicted molar refractivity (Wildman–Crippen MR) is 142 cm³/mol. The highest BCUT2D eigenvalue weighted by atomic mass is 19.1. The van der Waals surface area contributed by atoms with E-state index in [0.29, 0.717) is 34.1 Å². The Kier molecular flexibility index (Phi) is 5.73. The number of aromatic nitrogens is 4. The summed E-state index contributed by atoms with van der Waals surface area (Å²) in [7, 11) is 5.69. The van der Waals surface area contributed by atoms with Gasteiger partial charge >= 0.3 is 5.76 Å². The Hall–Kier alpha value is -4.49. The number of nitriles is 1. The Morgan fingerprint density at radius 3 is 2.55 bits per heavy atom. The number of hydrogen-bond acceptors (Lipinski definition) is 7. The molecule has 0 radical (unpaired) electrons. The molecule has 0 amide bonds. The molecule has 0 unspecified atom stereocenters. The van der Waals surface area contributed by atoms with Gasteiger partial charge in [-0.1, -0.05) is 12.1 Å². The van der Waals surface area contributed by atoms with E-state index in [1.807, 2.05) is 22.7 Å². The van der Waals surface area contributed by atoms with E-state index in [9.17, 15) is 10.1 Å². The Bertz CT molecular complexity index is 1770. The molecule has 38 heavy (non-hydrogen) atoms. The van der Waals surface area contributed by atoms with Gasteiger partial charge in [-0.15, -0.1) is 0 Å². The number of anilines is 1. The molecular weight excluding hydrogens is 485 g/mol. The zero-order valence-electron chi connectivity index (χ0n) is 21.3. The van der Waals surface area contributed by atoms with E-state index in [1.165, 1.54) is 13.1 Å². The third-order valence-corrected chi connectivity index (χ3v) is 7.42. The molecule has 0 N–H and O–H groups in total. The van der Waals surface area contributed by atoms with Crippen molar-refractivity contribution in [2.45, 2.75) is 18.9 Å². The fraction of sp³-hybridized carbons (Fsp3) is 0.286. The Balaban J connectivity index is 1.59. The van der Waals surface area contributed by atoms with Crippen LogP contribution in [0.25, 0.3) is 39.1 Å². The van der Waals surface area contributed by atoms with Crippen LogP contribution in [0.1, 0.15) is 18.4 Å². The highest BCUT2D eigenvalue weighted by Crippen LogP contribution is 2.38. The summed E-state index contributed by atoms with van der Waals surface area (Å²) < 4.78 is 23.7. The van der Waals surface area contributed by atoms with Crippen LogP contribution in [0.2, 0.25) is 0 Å². The number of halogens is 1. The van der Waals surface area contributed by atoms with E-state index in [0.717, 1.165) is 42.0 Å². The molecule has 9 nitrogen and oxygen atoms in total. The molecule has 1 fully saturated rings. The van der Waals surface area contributed by atoms with Crippen molar-refractivity contribution >= 4 is 22.7 Å². The lowest BCUT2D eigenvalue weighted by molar-refractivity contribution is 0.249. The van der Waals surface area contributed by atoms with Crippen molar-refractivity contribution in [2.75, 3.05) is 32.1 Å². The number of fused-ring (bicyclic) bond motifs is 2. The van der Waals surface area contributed by atoms with E-state index < -0.39 is 11.6 Å². The molecule has 0 atom stereocenters. The molecule has 0 spiro atoms. The molecule has 3 aromatic heterocycles. The molecular formula is C28H26FN7O2. The Labute approximate surface area is 218 Å². The summed E-state index contributed by atoms with van der Waals surface area (Å²) in [5, 5.41) is 9.31. The largest absolute Gasteiger partial charge is 0.419 e. The second-order valence-electron chi connectivity index (χ2n) is 9.86. The minimum Gasteiger partial charge on any atom is -0.408 e. The average Bonchev–Trinajstić information content (AvgIpc) is 3.52. The van der Waals surface area contributed by atoms with E-state index in [4.69, 9.17) is 9.40 Å². The highest BCUT2D eigenvalue weighted by Gasteiger charge is 2.27. The first-order chi connectivity index (χ1) is 18.4. The summed E-state index contributed by atoms with van der Waals surface area (Å²) in [5.74, 6) is -0.453. The lowest BCUT2D eigenvalue weighted by Gasteiger charge is -2.36. The molecule has 10 heteroatoms. The first kappa shape index (κ1) is 23.9. The van der Waals surface area contributed by atoms with Crippen LogP contribution >= 0.6 is 0 Å². The number of piperidine rings is 1. The van der Waals surface area contributed by atoms with Crippen molar-refractivity contribution in [1.29, 1.82) is 5.26 Å². The summed E-state index contributed by atoms with van der Waals surface area (Å²) >= 11 is 0. The number of nitrogens with zero attached hydrogens (tertiary/aromatic N) is 7. The van der Waals surface area contributed by atoms with Crippen molar-refractivity contribution in [3.63, 3.8) is 0 Å². The number of oxazole rings is 1. The zero-order valence-corrected chi connectivity index (χ0v) is 21.3. The van der Waals surface area contributed by atoms with Gasteiger partial charge in [0.15, 0.2) is 11.4 Å². The quantitative estimate of drug-likeness (QED) is 0.359. The number of benzene rings is 2. The van der Waals surface area contributed by atoms with Gasteiger partial charge in [-0.25, -0.2) is 19.2 Å². The number of imidazole rings is 1. The number of rotatable bonds is 4. The Morgan fingerprint density at radius 1 is 1.13 bits per heavy atom. The van der Waals surface area contributed by atoms with Gasteiger partial charge in [0, 0.05) is 44.1 Å². The van der Waals surface area contributed by atoms with Crippen LogP contribution in [0, 0.1) is 17.1 Å². The first-order valence-electron chi connectivity index (χ1n) is 12.4. The van der Waals surface area contributed by atoms with Gasteiger partial charge in [-0.3, -0.25) is 8.97 Å². The van der Waals surface area contributed by atoms with Crippen molar-refractivity contribution in [3.05, 3.63) is 70.7 Å². The summed E-state index contributed by atoms with van der Waals surface area (Å²) in [6.45, 7) is 1.68. The molecule has 5 aromatic rings. The molecule has 192 valence electrons. The van der Waals surface area contributed by atoms with Crippen molar-refractivity contribution < 1.29 is 8.81 Å². The summed E-state index contributed by atoms with van der Waals surface area (Å²) in [6.07, 6.45) is 5.58. The Morgan fingerprint density at radius 2 is 1.87 bits per heavy atom. The van der Waals surface area contributed by atoms with E-state index >= 15 is 4.39 Å². The molecule has 0 saturated carbocycles. The molecule has 2 aromatic carbocycles. The van der Waals surface area contributed by atoms with E-state index in [2.05, 4.69) is 34.9 Å². The third kappa shape index (κ3) is 3.83. The van der Waals surface area contributed by atoms with Crippen LogP contribution < -0.4 is 10.7 Å². The lowest BCUT2D eigenvalue weighted by atomic mass is 9.98. The van der Waals surface area contributed by atoms with Gasteiger partial charge in [0.1, 0.15) is 11.2 Å². The van der Waals surface area contributed by atoms with Crippen molar-refractivity contribution in [1.82, 2.24) is 23.8 Å². The fourth-order valence-electron chi connectivity index (χ4n) is 5.32. The summed E-state index contributed by atoms with van der Waals surface area (Å²) in [6, 6.07) is 12.8. The minimum absolute atomic E-state index is 0.103. The second kappa shape index (κ2) is 9.11. The fourth-order valence-corrected chi connectivity index (χ4v) is 5.32. The monoisotopic (exact) mass is 511 g/mol. The molecule has 0 bridgehead atoms.